The van der Waals surface area contributed by atoms with Gasteiger partial charge in [0.15, 0.2) is 5.76 Å². The molecule has 1 aromatic heterocycles. The quantitative estimate of drug-likeness (QED) is 0.800. The third kappa shape index (κ3) is 3.39. The molecule has 0 aliphatic rings. The van der Waals surface area contributed by atoms with Gasteiger partial charge in [-0.05, 0) is 18.1 Å². The van der Waals surface area contributed by atoms with E-state index >= 15 is 0 Å². The summed E-state index contributed by atoms with van der Waals surface area (Å²) in [7, 11) is 0. The first kappa shape index (κ1) is 14.6. The number of carbonyl (C=O) groups is 2. The molecule has 0 aliphatic heterocycles. The lowest BCUT2D eigenvalue weighted by Gasteiger charge is -2.12. The van der Waals surface area contributed by atoms with Gasteiger partial charge in [0.1, 0.15) is 6.04 Å². The largest absolute Gasteiger partial charge is 0.480 e. The summed E-state index contributed by atoms with van der Waals surface area (Å²) in [6.45, 7) is 3.48. The molecule has 5 heteroatoms. The van der Waals surface area contributed by atoms with E-state index in [4.69, 9.17) is 9.52 Å². The Balaban J connectivity index is 2.23. The molecule has 0 saturated heterocycles. The molecule has 0 bridgehead atoms. The average molecular weight is 285 g/mol. The molecule has 1 aromatic carbocycles. The number of amides is 1. The predicted molar refractivity (Wildman–Crippen MR) is 77.8 cm³/mol. The van der Waals surface area contributed by atoms with E-state index in [-0.39, 0.29) is 12.2 Å². The van der Waals surface area contributed by atoms with E-state index in [1.807, 2.05) is 30.3 Å². The zero-order chi connectivity index (χ0) is 15.2. The van der Waals surface area contributed by atoms with Gasteiger partial charge in [0, 0.05) is 5.56 Å². The maximum Gasteiger partial charge on any atom is 0.326 e. The predicted octanol–water partition coefficient (Wildman–Crippen LogP) is 2.71. The van der Waals surface area contributed by atoms with Crippen LogP contribution in [0.25, 0.3) is 11.1 Å². The van der Waals surface area contributed by atoms with Crippen LogP contribution >= 0.6 is 0 Å². The Kier molecular flexibility index (Phi) is 4.56. The molecule has 2 aromatic rings. The fraction of sp³-hybridized carbons (Fsp3) is 0.125. The maximum atomic E-state index is 12.2. The Hall–Kier alpha value is -2.82. The van der Waals surface area contributed by atoms with Crippen LogP contribution in [0.3, 0.4) is 0 Å². The summed E-state index contributed by atoms with van der Waals surface area (Å²) in [5.41, 5.74) is 1.45. The van der Waals surface area contributed by atoms with Gasteiger partial charge in [-0.3, -0.25) is 4.79 Å². The van der Waals surface area contributed by atoms with Crippen molar-refractivity contribution in [1.29, 1.82) is 0 Å². The van der Waals surface area contributed by atoms with Crippen molar-refractivity contribution in [2.45, 2.75) is 12.5 Å². The van der Waals surface area contributed by atoms with Crippen LogP contribution in [0.15, 0.2) is 59.7 Å². The second-order valence-electron chi connectivity index (χ2n) is 4.42. The summed E-state index contributed by atoms with van der Waals surface area (Å²) in [4.78, 5) is 23.2. The fourth-order valence-electron chi connectivity index (χ4n) is 1.94. The first-order chi connectivity index (χ1) is 10.1. The fourth-order valence-corrected chi connectivity index (χ4v) is 1.94. The summed E-state index contributed by atoms with van der Waals surface area (Å²) >= 11 is 0. The highest BCUT2D eigenvalue weighted by Crippen LogP contribution is 2.24. The molecule has 5 nitrogen and oxygen atoms in total. The Bertz CT molecular complexity index is 645. The van der Waals surface area contributed by atoms with E-state index in [9.17, 15) is 9.59 Å². The van der Waals surface area contributed by atoms with E-state index in [1.165, 1.54) is 12.3 Å². The van der Waals surface area contributed by atoms with E-state index in [0.29, 0.717) is 5.56 Å². The molecule has 0 aliphatic carbocycles. The van der Waals surface area contributed by atoms with Crippen LogP contribution in [0.5, 0.6) is 0 Å². The maximum absolute atomic E-state index is 12.2. The van der Waals surface area contributed by atoms with Crippen molar-refractivity contribution in [3.05, 3.63) is 61.1 Å². The molecule has 2 rings (SSSR count). The van der Waals surface area contributed by atoms with Gasteiger partial charge in [-0.15, -0.1) is 6.58 Å². The van der Waals surface area contributed by atoms with Gasteiger partial charge in [0.25, 0.3) is 5.91 Å². The lowest BCUT2D eigenvalue weighted by Crippen LogP contribution is -2.40. The number of nitrogens with one attached hydrogen (secondary N) is 1. The monoisotopic (exact) mass is 285 g/mol. The van der Waals surface area contributed by atoms with Crippen LogP contribution < -0.4 is 5.32 Å². The summed E-state index contributed by atoms with van der Waals surface area (Å²) in [5, 5.41) is 11.5. The molecule has 1 amide bonds. The summed E-state index contributed by atoms with van der Waals surface area (Å²) in [5.74, 6) is -1.58. The van der Waals surface area contributed by atoms with Gasteiger partial charge in [0.05, 0.1) is 6.26 Å². The zero-order valence-electron chi connectivity index (χ0n) is 11.3. The Labute approximate surface area is 121 Å². The van der Waals surface area contributed by atoms with Crippen LogP contribution in [0.2, 0.25) is 0 Å². The molecular formula is C16H15NO4. The smallest absolute Gasteiger partial charge is 0.326 e. The summed E-state index contributed by atoms with van der Waals surface area (Å²) in [6, 6.07) is 9.91. The third-order valence-corrected chi connectivity index (χ3v) is 2.96. The SMILES string of the molecule is C=CCC(NC(=O)c1occc1-c1ccccc1)C(=O)O. The molecule has 0 spiro atoms. The van der Waals surface area contributed by atoms with Gasteiger partial charge in [-0.1, -0.05) is 36.4 Å². The number of benzene rings is 1. The van der Waals surface area contributed by atoms with E-state index < -0.39 is 17.9 Å². The van der Waals surface area contributed by atoms with Crippen LogP contribution in [0, 0.1) is 0 Å². The van der Waals surface area contributed by atoms with E-state index in [1.54, 1.807) is 6.07 Å². The Morgan fingerprint density at radius 3 is 2.62 bits per heavy atom. The molecule has 0 saturated carbocycles. The minimum atomic E-state index is -1.11. The van der Waals surface area contributed by atoms with E-state index in [2.05, 4.69) is 11.9 Å². The molecule has 108 valence electrons. The highest BCUT2D eigenvalue weighted by atomic mass is 16.4. The van der Waals surface area contributed by atoms with Crippen molar-refractivity contribution in [1.82, 2.24) is 5.32 Å². The molecular weight excluding hydrogens is 270 g/mol. The first-order valence-corrected chi connectivity index (χ1v) is 6.41. The lowest BCUT2D eigenvalue weighted by atomic mass is 10.1. The van der Waals surface area contributed by atoms with Crippen LogP contribution in [-0.4, -0.2) is 23.0 Å². The molecule has 21 heavy (non-hydrogen) atoms. The second-order valence-corrected chi connectivity index (χ2v) is 4.42. The van der Waals surface area contributed by atoms with Crippen LogP contribution in [-0.2, 0) is 4.79 Å². The van der Waals surface area contributed by atoms with Crippen LogP contribution in [0.4, 0.5) is 0 Å². The van der Waals surface area contributed by atoms with Gasteiger partial charge in [0.2, 0.25) is 0 Å². The molecule has 0 fully saturated rings. The molecule has 1 heterocycles. The van der Waals surface area contributed by atoms with E-state index in [0.717, 1.165) is 5.56 Å². The summed E-state index contributed by atoms with van der Waals surface area (Å²) in [6.07, 6.45) is 2.99. The van der Waals surface area contributed by atoms with Crippen molar-refractivity contribution < 1.29 is 19.1 Å². The molecule has 1 atom stereocenters. The minimum Gasteiger partial charge on any atom is -0.480 e. The van der Waals surface area contributed by atoms with Crippen molar-refractivity contribution in [3.8, 4) is 11.1 Å². The zero-order valence-corrected chi connectivity index (χ0v) is 11.3. The van der Waals surface area contributed by atoms with Gasteiger partial charge >= 0.3 is 5.97 Å². The Morgan fingerprint density at radius 1 is 1.29 bits per heavy atom. The number of aliphatic carboxylic acids is 1. The molecule has 1 unspecified atom stereocenters. The number of furan rings is 1. The van der Waals surface area contributed by atoms with Crippen molar-refractivity contribution in [2.24, 2.45) is 0 Å². The number of hydrogen-bond donors (Lipinski definition) is 2. The third-order valence-electron chi connectivity index (χ3n) is 2.96. The molecule has 0 radical (unpaired) electrons. The van der Waals surface area contributed by atoms with Gasteiger partial charge in [-0.25, -0.2) is 4.79 Å². The highest BCUT2D eigenvalue weighted by Gasteiger charge is 2.23. The highest BCUT2D eigenvalue weighted by molar-refractivity contribution is 5.99. The second kappa shape index (κ2) is 6.56. The lowest BCUT2D eigenvalue weighted by molar-refractivity contribution is -0.139. The number of carboxylic acids is 1. The van der Waals surface area contributed by atoms with Crippen molar-refractivity contribution in [3.63, 3.8) is 0 Å². The molecule has 2 N–H and O–H groups in total. The van der Waals surface area contributed by atoms with Crippen LogP contribution in [0.1, 0.15) is 17.0 Å². The Morgan fingerprint density at radius 2 is 2.00 bits per heavy atom. The number of hydrogen-bond acceptors (Lipinski definition) is 3. The van der Waals surface area contributed by atoms with Crippen molar-refractivity contribution >= 4 is 11.9 Å². The number of carbonyl (C=O) groups excluding carboxylic acids is 1. The normalized spacial score (nSPS) is 11.6. The first-order valence-electron chi connectivity index (χ1n) is 6.41. The minimum absolute atomic E-state index is 0.0940. The number of rotatable bonds is 6. The topological polar surface area (TPSA) is 79.5 Å². The van der Waals surface area contributed by atoms with Gasteiger partial charge in [-0.2, -0.15) is 0 Å². The average Bonchev–Trinajstić information content (AvgIpc) is 2.97. The number of carboxylic acid groups (broad SMARTS) is 1. The van der Waals surface area contributed by atoms with Gasteiger partial charge < -0.3 is 14.8 Å². The standard InChI is InChI=1S/C16H15NO4/c1-2-6-13(16(19)20)17-15(18)14-12(9-10-21-14)11-7-4-3-5-8-11/h2-5,7-10,13H,1,6H2,(H,17,18)(H,19,20). The van der Waals surface area contributed by atoms with Crippen molar-refractivity contribution in [2.75, 3.05) is 0 Å². The summed E-state index contributed by atoms with van der Waals surface area (Å²) < 4.78 is 5.21.